The lowest BCUT2D eigenvalue weighted by Gasteiger charge is -2.36. The first kappa shape index (κ1) is 29.6. The molecule has 0 bridgehead atoms. The Balaban J connectivity index is 5.39. The zero-order valence-corrected chi connectivity index (χ0v) is 16.3. The van der Waals surface area contributed by atoms with E-state index in [9.17, 15) is 61.9 Å². The average Bonchev–Trinajstić information content (AvgIpc) is 2.50. The van der Waals surface area contributed by atoms with E-state index in [2.05, 4.69) is 4.74 Å². The van der Waals surface area contributed by atoms with E-state index in [1.165, 1.54) is 20.8 Å². The van der Waals surface area contributed by atoms with Crippen LogP contribution in [-0.4, -0.2) is 48.4 Å². The fraction of sp³-hybridized carbons (Fsp3) is 0.938. The second-order valence-corrected chi connectivity index (χ2v) is 7.52. The quantitative estimate of drug-likeness (QED) is 0.233. The maximum Gasteiger partial charge on any atom is 0.453 e. The van der Waals surface area contributed by atoms with Gasteiger partial charge in [0.2, 0.25) is 0 Å². The van der Waals surface area contributed by atoms with Crippen LogP contribution in [0, 0.1) is 5.41 Å². The van der Waals surface area contributed by atoms with Crippen LogP contribution in [0.1, 0.15) is 46.5 Å². The van der Waals surface area contributed by atoms with E-state index in [0.717, 1.165) is 0 Å². The third kappa shape index (κ3) is 7.02. The number of halogens is 13. The summed E-state index contributed by atoms with van der Waals surface area (Å²) < 4.78 is 173. The van der Waals surface area contributed by atoms with Crippen molar-refractivity contribution in [2.75, 3.05) is 6.61 Å². The molecular weight excluding hydrogens is 471 g/mol. The number of esters is 1. The molecule has 0 aromatic carbocycles. The van der Waals surface area contributed by atoms with Crippen LogP contribution in [0.4, 0.5) is 57.1 Å². The molecule has 0 aliphatic heterocycles. The first-order valence-electron chi connectivity index (χ1n) is 8.48. The van der Waals surface area contributed by atoms with E-state index in [0.29, 0.717) is 0 Å². The van der Waals surface area contributed by atoms with Crippen LogP contribution in [0.25, 0.3) is 0 Å². The molecule has 0 saturated heterocycles. The van der Waals surface area contributed by atoms with Crippen molar-refractivity contribution in [3.05, 3.63) is 0 Å². The minimum absolute atomic E-state index is 0.171. The molecule has 0 fully saturated rings. The second kappa shape index (κ2) is 8.83. The molecule has 0 N–H and O–H groups in total. The fourth-order valence-corrected chi connectivity index (χ4v) is 1.91. The number of carbonyl (C=O) groups is 1. The number of hydrogen-bond donors (Lipinski definition) is 0. The zero-order valence-electron chi connectivity index (χ0n) is 16.3. The topological polar surface area (TPSA) is 26.3 Å². The SMILES string of the molecule is CCC(C)(C)C(=O)OCCC(F)(F)CC(F)(F)C(F)(F)C(F)(F)CC(F)(F)C(F)(F)F. The molecule has 0 aromatic heterocycles. The van der Waals surface area contributed by atoms with Gasteiger partial charge in [0.25, 0.3) is 5.92 Å². The van der Waals surface area contributed by atoms with E-state index in [1.54, 1.807) is 0 Å². The lowest BCUT2D eigenvalue weighted by atomic mass is 9.90. The van der Waals surface area contributed by atoms with E-state index in [4.69, 9.17) is 0 Å². The van der Waals surface area contributed by atoms with Crippen molar-refractivity contribution in [2.45, 2.75) is 82.2 Å². The van der Waals surface area contributed by atoms with Crippen molar-refractivity contribution in [3.8, 4) is 0 Å². The van der Waals surface area contributed by atoms with Crippen LogP contribution in [-0.2, 0) is 9.53 Å². The Hall–Kier alpha value is -1.44. The molecule has 0 rings (SSSR count). The molecule has 0 spiro atoms. The highest BCUT2D eigenvalue weighted by Gasteiger charge is 2.76. The largest absolute Gasteiger partial charge is 0.465 e. The molecular formula is C16H19F13O2. The van der Waals surface area contributed by atoms with E-state index in [-0.39, 0.29) is 6.42 Å². The van der Waals surface area contributed by atoms with Crippen LogP contribution in [0.5, 0.6) is 0 Å². The molecule has 0 saturated carbocycles. The average molecular weight is 490 g/mol. The Morgan fingerprint density at radius 3 is 1.52 bits per heavy atom. The number of alkyl halides is 13. The van der Waals surface area contributed by atoms with Crippen molar-refractivity contribution >= 4 is 5.97 Å². The number of ether oxygens (including phenoxy) is 1. The van der Waals surface area contributed by atoms with E-state index < -0.39 is 73.0 Å². The van der Waals surface area contributed by atoms with Gasteiger partial charge in [-0.05, 0) is 20.3 Å². The molecule has 0 heterocycles. The zero-order chi connectivity index (χ0) is 25.3. The summed E-state index contributed by atoms with van der Waals surface area (Å²) in [7, 11) is 0. The summed E-state index contributed by atoms with van der Waals surface area (Å²) in [6, 6.07) is 0. The van der Waals surface area contributed by atoms with Gasteiger partial charge in [0.15, 0.2) is 0 Å². The lowest BCUT2D eigenvalue weighted by Crippen LogP contribution is -2.58. The van der Waals surface area contributed by atoms with Gasteiger partial charge in [-0.2, -0.15) is 48.3 Å². The Morgan fingerprint density at radius 1 is 0.710 bits per heavy atom. The smallest absolute Gasteiger partial charge is 0.453 e. The molecule has 0 aliphatic carbocycles. The third-order valence-electron chi connectivity index (χ3n) is 4.40. The van der Waals surface area contributed by atoms with Crippen LogP contribution in [0.2, 0.25) is 0 Å². The maximum absolute atomic E-state index is 13.6. The van der Waals surface area contributed by atoms with Crippen molar-refractivity contribution in [1.82, 2.24) is 0 Å². The Labute approximate surface area is 168 Å². The van der Waals surface area contributed by atoms with Gasteiger partial charge in [0.05, 0.1) is 24.9 Å². The van der Waals surface area contributed by atoms with Crippen LogP contribution >= 0.6 is 0 Å². The fourth-order valence-electron chi connectivity index (χ4n) is 1.91. The van der Waals surface area contributed by atoms with Crippen LogP contribution in [0.3, 0.4) is 0 Å². The monoisotopic (exact) mass is 490 g/mol. The Morgan fingerprint density at radius 2 is 1.13 bits per heavy atom. The molecule has 15 heteroatoms. The van der Waals surface area contributed by atoms with Gasteiger partial charge < -0.3 is 4.74 Å². The number of carbonyl (C=O) groups excluding carboxylic acids is 1. The minimum Gasteiger partial charge on any atom is -0.465 e. The molecule has 0 unspecified atom stereocenters. The summed E-state index contributed by atoms with van der Waals surface area (Å²) in [5.74, 6) is -32.5. The van der Waals surface area contributed by atoms with Gasteiger partial charge in [-0.1, -0.05) is 6.92 Å². The summed E-state index contributed by atoms with van der Waals surface area (Å²) in [5, 5.41) is 0. The highest BCUT2D eigenvalue weighted by molar-refractivity contribution is 5.75. The van der Waals surface area contributed by atoms with Gasteiger partial charge >= 0.3 is 35.8 Å². The third-order valence-corrected chi connectivity index (χ3v) is 4.40. The van der Waals surface area contributed by atoms with E-state index >= 15 is 0 Å². The molecule has 2 nitrogen and oxygen atoms in total. The number of hydrogen-bond acceptors (Lipinski definition) is 2. The molecule has 0 aliphatic rings. The standard InChI is InChI=1S/C16H19F13O2/c1-4-10(2,3)9(30)31-6-5-11(17,18)7-12(19,20)15(25,26)13(21,22)8-14(23,24)16(27,28)29/h4-8H2,1-3H3. The second-order valence-electron chi connectivity index (χ2n) is 7.52. The number of rotatable bonds is 11. The van der Waals surface area contributed by atoms with Crippen LogP contribution < -0.4 is 0 Å². The van der Waals surface area contributed by atoms with E-state index in [1.807, 2.05) is 0 Å². The summed E-state index contributed by atoms with van der Waals surface area (Å²) in [6.45, 7) is 2.91. The predicted molar refractivity (Wildman–Crippen MR) is 79.7 cm³/mol. The Kier molecular flexibility index (Phi) is 8.42. The molecule has 0 aromatic rings. The molecule has 31 heavy (non-hydrogen) atoms. The molecule has 0 atom stereocenters. The van der Waals surface area contributed by atoms with Crippen LogP contribution in [0.15, 0.2) is 0 Å². The summed E-state index contributed by atoms with van der Waals surface area (Å²) in [5.41, 5.74) is -1.17. The van der Waals surface area contributed by atoms with Crippen molar-refractivity contribution in [2.24, 2.45) is 5.41 Å². The summed E-state index contributed by atoms with van der Waals surface area (Å²) in [6.07, 6.45) is -15.8. The first-order chi connectivity index (χ1) is 13.4. The van der Waals surface area contributed by atoms with Gasteiger partial charge in [0.1, 0.15) is 0 Å². The maximum atomic E-state index is 13.6. The van der Waals surface area contributed by atoms with Crippen molar-refractivity contribution in [1.29, 1.82) is 0 Å². The molecule has 0 amide bonds. The van der Waals surface area contributed by atoms with Crippen molar-refractivity contribution in [3.63, 3.8) is 0 Å². The lowest BCUT2D eigenvalue weighted by molar-refractivity contribution is -0.357. The van der Waals surface area contributed by atoms with Gasteiger partial charge in [-0.15, -0.1) is 0 Å². The minimum atomic E-state index is -6.99. The predicted octanol–water partition coefficient (Wildman–Crippen LogP) is 6.87. The normalized spacial score (nSPS) is 15.2. The van der Waals surface area contributed by atoms with Gasteiger partial charge in [-0.25, -0.2) is 8.78 Å². The highest BCUT2D eigenvalue weighted by Crippen LogP contribution is 2.55. The summed E-state index contributed by atoms with van der Waals surface area (Å²) >= 11 is 0. The Bertz CT molecular complexity index is 623. The summed E-state index contributed by atoms with van der Waals surface area (Å²) in [4.78, 5) is 11.6. The van der Waals surface area contributed by atoms with Crippen molar-refractivity contribution < 1.29 is 66.6 Å². The molecule has 186 valence electrons. The highest BCUT2D eigenvalue weighted by atomic mass is 19.4. The first-order valence-corrected chi connectivity index (χ1v) is 8.48. The van der Waals surface area contributed by atoms with Gasteiger partial charge in [0, 0.05) is 6.42 Å². The molecule has 0 radical (unpaired) electrons. The van der Waals surface area contributed by atoms with Gasteiger partial charge in [-0.3, -0.25) is 4.79 Å².